The van der Waals surface area contributed by atoms with E-state index in [1.165, 1.54) is 0 Å². The molecule has 0 aliphatic carbocycles. The number of benzene rings is 3. The normalized spacial score (nSPS) is 15.7. The second-order valence-electron chi connectivity index (χ2n) is 7.33. The molecule has 0 saturated carbocycles. The van der Waals surface area contributed by atoms with Crippen molar-refractivity contribution in [3.8, 4) is 0 Å². The van der Waals surface area contributed by atoms with Crippen molar-refractivity contribution in [2.75, 3.05) is 31.1 Å². The third-order valence-corrected chi connectivity index (χ3v) is 7.27. The molecule has 0 unspecified atom stereocenters. The summed E-state index contributed by atoms with van der Waals surface area (Å²) in [7, 11) is -3.78. The summed E-state index contributed by atoms with van der Waals surface area (Å²) in [5.74, 6) is 0. The molecule has 1 saturated heterocycles. The van der Waals surface area contributed by atoms with Gasteiger partial charge in [0.25, 0.3) is 0 Å². The van der Waals surface area contributed by atoms with E-state index in [-0.39, 0.29) is 9.92 Å². The molecule has 1 aliphatic heterocycles. The van der Waals surface area contributed by atoms with E-state index in [0.717, 1.165) is 49.2 Å². The summed E-state index contributed by atoms with van der Waals surface area (Å²) < 4.78 is 27.1. The van der Waals surface area contributed by atoms with Gasteiger partial charge in [0, 0.05) is 36.1 Å². The van der Waals surface area contributed by atoms with Crippen LogP contribution in [0.1, 0.15) is 6.42 Å². The zero-order valence-corrected chi connectivity index (χ0v) is 16.7. The smallest absolute Gasteiger partial charge is 0.226 e. The van der Waals surface area contributed by atoms with E-state index >= 15 is 0 Å². The highest BCUT2D eigenvalue weighted by Gasteiger charge is 2.26. The van der Waals surface area contributed by atoms with Crippen LogP contribution in [0.3, 0.4) is 0 Å². The van der Waals surface area contributed by atoms with Gasteiger partial charge in [0.1, 0.15) is 0 Å². The second kappa shape index (κ2) is 7.17. The number of sulfone groups is 1. The standard InChI is InChI=1S/C22H22N4O2S/c27-29(28,21-8-3-6-16-5-1-2-7-18(16)21)22-19-15-17(9-10-20(19)24-25-22)26-13-4-11-23-12-14-26/h1-3,5-10,15,23H,4,11-14H2,(H,24,25). The Hall–Kier alpha value is -2.90. The van der Waals surface area contributed by atoms with Crippen molar-refractivity contribution in [3.63, 3.8) is 0 Å². The monoisotopic (exact) mass is 406 g/mol. The van der Waals surface area contributed by atoms with Gasteiger partial charge in [-0.1, -0.05) is 36.4 Å². The van der Waals surface area contributed by atoms with Crippen LogP contribution in [0.15, 0.2) is 70.6 Å². The minimum Gasteiger partial charge on any atom is -0.370 e. The minimum atomic E-state index is -3.78. The summed E-state index contributed by atoms with van der Waals surface area (Å²) in [6.45, 7) is 3.77. The van der Waals surface area contributed by atoms with Gasteiger partial charge < -0.3 is 10.2 Å². The lowest BCUT2D eigenvalue weighted by molar-refractivity contribution is 0.593. The molecular formula is C22H22N4O2S. The van der Waals surface area contributed by atoms with Crippen molar-refractivity contribution in [1.82, 2.24) is 15.5 Å². The fourth-order valence-corrected chi connectivity index (χ4v) is 5.58. The van der Waals surface area contributed by atoms with Gasteiger partial charge in [-0.3, -0.25) is 5.10 Å². The Balaban J connectivity index is 1.65. The molecule has 0 atom stereocenters. The summed E-state index contributed by atoms with van der Waals surface area (Å²) >= 11 is 0. The average Bonchev–Trinajstić information content (AvgIpc) is 2.99. The van der Waals surface area contributed by atoms with Gasteiger partial charge in [-0.25, -0.2) is 8.42 Å². The average molecular weight is 407 g/mol. The first-order chi connectivity index (χ1) is 14.1. The maximum Gasteiger partial charge on any atom is 0.226 e. The van der Waals surface area contributed by atoms with Crippen LogP contribution in [0.4, 0.5) is 5.69 Å². The Labute approximate surface area is 169 Å². The summed E-state index contributed by atoms with van der Waals surface area (Å²) in [5, 5.41) is 12.8. The van der Waals surface area contributed by atoms with E-state index in [4.69, 9.17) is 0 Å². The van der Waals surface area contributed by atoms with Crippen LogP contribution < -0.4 is 10.2 Å². The highest BCUT2D eigenvalue weighted by atomic mass is 32.2. The Morgan fingerprint density at radius 1 is 0.897 bits per heavy atom. The van der Waals surface area contributed by atoms with E-state index in [0.29, 0.717) is 10.8 Å². The van der Waals surface area contributed by atoms with Crippen LogP contribution in [0.5, 0.6) is 0 Å². The molecular weight excluding hydrogens is 384 g/mol. The molecule has 3 aromatic carbocycles. The van der Waals surface area contributed by atoms with Crippen LogP contribution in [-0.2, 0) is 9.84 Å². The lowest BCUT2D eigenvalue weighted by atomic mass is 10.1. The van der Waals surface area contributed by atoms with Crippen LogP contribution in [0.25, 0.3) is 21.7 Å². The van der Waals surface area contributed by atoms with Crippen LogP contribution in [0, 0.1) is 0 Å². The van der Waals surface area contributed by atoms with Crippen LogP contribution in [0.2, 0.25) is 0 Å². The highest BCUT2D eigenvalue weighted by Crippen LogP contribution is 2.32. The van der Waals surface area contributed by atoms with Gasteiger partial charge in [0.2, 0.25) is 9.84 Å². The van der Waals surface area contributed by atoms with Crippen molar-refractivity contribution in [2.24, 2.45) is 0 Å². The summed E-state index contributed by atoms with van der Waals surface area (Å²) in [6, 6.07) is 18.8. The number of H-pyrrole nitrogens is 1. The third kappa shape index (κ3) is 3.16. The predicted molar refractivity (Wildman–Crippen MR) is 115 cm³/mol. The van der Waals surface area contributed by atoms with E-state index < -0.39 is 9.84 Å². The predicted octanol–water partition coefficient (Wildman–Crippen LogP) is 3.35. The number of nitrogens with one attached hydrogen (secondary N) is 2. The molecule has 5 rings (SSSR count). The molecule has 0 radical (unpaired) electrons. The molecule has 6 nitrogen and oxygen atoms in total. The van der Waals surface area contributed by atoms with Gasteiger partial charge in [-0.05, 0) is 42.6 Å². The lowest BCUT2D eigenvalue weighted by Gasteiger charge is -2.22. The largest absolute Gasteiger partial charge is 0.370 e. The number of nitrogens with zero attached hydrogens (tertiary/aromatic N) is 2. The highest BCUT2D eigenvalue weighted by molar-refractivity contribution is 7.91. The number of hydrogen-bond acceptors (Lipinski definition) is 5. The second-order valence-corrected chi connectivity index (χ2v) is 9.16. The van der Waals surface area contributed by atoms with E-state index in [9.17, 15) is 8.42 Å². The van der Waals surface area contributed by atoms with E-state index in [1.807, 2.05) is 48.5 Å². The molecule has 1 aliphatic rings. The summed E-state index contributed by atoms with van der Waals surface area (Å²) in [6.07, 6.45) is 1.06. The first-order valence-electron chi connectivity index (χ1n) is 9.81. The zero-order chi connectivity index (χ0) is 19.8. The number of aromatic amines is 1. The number of aromatic nitrogens is 2. The SMILES string of the molecule is O=S(=O)(c1cccc2ccccc12)c1n[nH]c2ccc(N3CCCNCC3)cc12. The van der Waals surface area contributed by atoms with Gasteiger partial charge >= 0.3 is 0 Å². The Morgan fingerprint density at radius 2 is 1.76 bits per heavy atom. The number of hydrogen-bond donors (Lipinski definition) is 2. The molecule has 2 heterocycles. The topological polar surface area (TPSA) is 78.1 Å². The fraction of sp³-hybridized carbons (Fsp3) is 0.227. The molecule has 7 heteroatoms. The molecule has 0 amide bonds. The first kappa shape index (κ1) is 18.1. The maximum atomic E-state index is 13.6. The Kier molecular flexibility index (Phi) is 4.49. The molecule has 2 N–H and O–H groups in total. The fourth-order valence-electron chi connectivity index (χ4n) is 4.02. The van der Waals surface area contributed by atoms with Crippen molar-refractivity contribution in [1.29, 1.82) is 0 Å². The molecule has 4 aromatic rings. The zero-order valence-electron chi connectivity index (χ0n) is 15.9. The number of fused-ring (bicyclic) bond motifs is 2. The Morgan fingerprint density at radius 3 is 2.69 bits per heavy atom. The van der Waals surface area contributed by atoms with Crippen LogP contribution in [-0.4, -0.2) is 44.8 Å². The van der Waals surface area contributed by atoms with Gasteiger partial charge in [0.05, 0.1) is 10.4 Å². The molecule has 148 valence electrons. The Bertz CT molecular complexity index is 1280. The van der Waals surface area contributed by atoms with Crippen LogP contribution >= 0.6 is 0 Å². The van der Waals surface area contributed by atoms with Crippen molar-refractivity contribution < 1.29 is 8.42 Å². The van der Waals surface area contributed by atoms with E-state index in [1.54, 1.807) is 12.1 Å². The maximum absolute atomic E-state index is 13.6. The van der Waals surface area contributed by atoms with Gasteiger partial charge in [-0.15, -0.1) is 0 Å². The first-order valence-corrected chi connectivity index (χ1v) is 11.3. The minimum absolute atomic E-state index is 0.0821. The van der Waals surface area contributed by atoms with Gasteiger partial charge in [0.15, 0.2) is 5.03 Å². The van der Waals surface area contributed by atoms with Crippen molar-refractivity contribution in [2.45, 2.75) is 16.3 Å². The molecule has 0 spiro atoms. The van der Waals surface area contributed by atoms with Crippen molar-refractivity contribution in [3.05, 3.63) is 60.7 Å². The molecule has 0 bridgehead atoms. The number of anilines is 1. The van der Waals surface area contributed by atoms with Crippen molar-refractivity contribution >= 4 is 37.2 Å². The molecule has 29 heavy (non-hydrogen) atoms. The van der Waals surface area contributed by atoms with E-state index in [2.05, 4.69) is 20.4 Å². The lowest BCUT2D eigenvalue weighted by Crippen LogP contribution is -2.27. The third-order valence-electron chi connectivity index (χ3n) is 5.51. The molecule has 1 aromatic heterocycles. The van der Waals surface area contributed by atoms with Gasteiger partial charge in [-0.2, -0.15) is 5.10 Å². The quantitative estimate of drug-likeness (QED) is 0.546. The number of rotatable bonds is 3. The summed E-state index contributed by atoms with van der Waals surface area (Å²) in [4.78, 5) is 2.58. The molecule has 1 fully saturated rings. The summed E-state index contributed by atoms with van der Waals surface area (Å²) in [5.41, 5.74) is 1.75.